The molecule has 6 unspecified atom stereocenters. The molecule has 16 heteroatoms. The third kappa shape index (κ3) is 5.77. The van der Waals surface area contributed by atoms with Crippen molar-refractivity contribution in [3.63, 3.8) is 0 Å². The van der Waals surface area contributed by atoms with E-state index in [2.05, 4.69) is 10.3 Å². The fraction of sp³-hybridized carbons (Fsp3) is 0.333. The number of nitrogens with two attached hydrogens (primary N) is 1. The average molecular weight is 763 g/mol. The van der Waals surface area contributed by atoms with Gasteiger partial charge in [-0.05, 0) is 97.3 Å². The number of amides is 3. The lowest BCUT2D eigenvalue weighted by atomic mass is 9.68. The van der Waals surface area contributed by atoms with Gasteiger partial charge in [-0.3, -0.25) is 24.1 Å². The lowest BCUT2D eigenvalue weighted by molar-refractivity contribution is -0.123. The van der Waals surface area contributed by atoms with Crippen molar-refractivity contribution in [1.82, 2.24) is 4.98 Å². The Hall–Kier alpha value is -4.64. The number of aromatic amines is 1. The number of ether oxygens (including phenoxy) is 3. The Labute approximate surface area is 306 Å². The minimum Gasteiger partial charge on any atom is -0.497 e. The number of aromatic nitrogens is 1. The van der Waals surface area contributed by atoms with E-state index in [0.717, 1.165) is 21.9 Å². The van der Waals surface area contributed by atoms with E-state index in [1.165, 1.54) is 40.5 Å². The Morgan fingerprint density at radius 1 is 0.962 bits per heavy atom. The molecule has 8 rings (SSSR count). The van der Waals surface area contributed by atoms with Crippen molar-refractivity contribution in [2.75, 3.05) is 30.5 Å². The lowest BCUT2D eigenvalue weighted by Gasteiger charge is -2.43. The van der Waals surface area contributed by atoms with Gasteiger partial charge in [0.25, 0.3) is 5.91 Å². The van der Waals surface area contributed by atoms with E-state index in [9.17, 15) is 27.6 Å². The number of carbonyl (C=O) groups is 3. The first kappa shape index (κ1) is 34.4. The number of thioether (sulfide) groups is 1. The fourth-order valence-corrected chi connectivity index (χ4v) is 12.0. The molecule has 2 saturated carbocycles. The zero-order chi connectivity index (χ0) is 36.5. The number of nitrogens with zero attached hydrogens (tertiary/aromatic N) is 1. The highest BCUT2D eigenvalue weighted by Gasteiger charge is 2.69. The maximum absolute atomic E-state index is 14.1. The summed E-state index contributed by atoms with van der Waals surface area (Å²) >= 11 is 2.78. The summed E-state index contributed by atoms with van der Waals surface area (Å²) in [5.41, 5.74) is 1.79. The van der Waals surface area contributed by atoms with Crippen LogP contribution in [-0.2, 0) is 24.4 Å². The van der Waals surface area contributed by atoms with Crippen LogP contribution in [0.5, 0.6) is 17.2 Å². The second kappa shape index (κ2) is 13.1. The van der Waals surface area contributed by atoms with Crippen molar-refractivity contribution in [1.29, 1.82) is 0 Å². The summed E-state index contributed by atoms with van der Waals surface area (Å²) in [7, 11) is -2.30. The monoisotopic (exact) mass is 762 g/mol. The molecule has 2 aliphatic heterocycles. The highest BCUT2D eigenvalue weighted by Crippen LogP contribution is 2.68. The maximum Gasteiger partial charge on any atom is 0.305 e. The van der Waals surface area contributed by atoms with E-state index >= 15 is 0 Å². The molecule has 52 heavy (non-hydrogen) atoms. The van der Waals surface area contributed by atoms with Crippen molar-refractivity contribution < 1.29 is 37.0 Å². The van der Waals surface area contributed by atoms with Crippen LogP contribution < -0.4 is 34.4 Å². The molecule has 270 valence electrons. The van der Waals surface area contributed by atoms with Gasteiger partial charge in [0, 0.05) is 21.7 Å². The Kier molecular flexibility index (Phi) is 8.67. The molecule has 13 nitrogen and oxygen atoms in total. The Morgan fingerprint density at radius 3 is 2.35 bits per heavy atom. The van der Waals surface area contributed by atoms with Crippen LogP contribution in [-0.4, -0.2) is 56.7 Å². The van der Waals surface area contributed by atoms with Crippen LogP contribution in [0.15, 0.2) is 81.4 Å². The van der Waals surface area contributed by atoms with Crippen LogP contribution in [0.3, 0.4) is 0 Å². The van der Waals surface area contributed by atoms with Crippen LogP contribution in [0.4, 0.5) is 11.4 Å². The number of nitrogens with one attached hydrogen (secondary N) is 2. The van der Waals surface area contributed by atoms with Gasteiger partial charge in [-0.25, -0.2) is 13.6 Å². The van der Waals surface area contributed by atoms with Crippen molar-refractivity contribution in [2.45, 2.75) is 34.4 Å². The number of rotatable bonds is 10. The third-order valence-corrected chi connectivity index (χ3v) is 14.0. The van der Waals surface area contributed by atoms with Crippen LogP contribution >= 0.6 is 23.1 Å². The van der Waals surface area contributed by atoms with Crippen molar-refractivity contribution >= 4 is 62.2 Å². The minimum atomic E-state index is -3.87. The molecule has 4 aromatic rings. The van der Waals surface area contributed by atoms with E-state index in [0.29, 0.717) is 35.2 Å². The summed E-state index contributed by atoms with van der Waals surface area (Å²) < 4.78 is 40.3. The number of methoxy groups -OCH3 is 1. The number of hydrogen-bond donors (Lipinski definition) is 3. The fourth-order valence-electron chi connectivity index (χ4n) is 8.55. The summed E-state index contributed by atoms with van der Waals surface area (Å²) in [6.45, 7) is 1.81. The number of benzene rings is 3. The molecular weight excluding hydrogens is 729 g/mol. The van der Waals surface area contributed by atoms with Gasteiger partial charge in [0.15, 0.2) is 18.1 Å². The number of sulfonamides is 1. The second-order valence-electron chi connectivity index (χ2n) is 13.2. The molecule has 3 fully saturated rings. The van der Waals surface area contributed by atoms with E-state index in [1.807, 2.05) is 19.1 Å². The van der Waals surface area contributed by atoms with E-state index in [-0.39, 0.29) is 57.1 Å². The molecule has 3 heterocycles. The predicted octanol–water partition coefficient (Wildman–Crippen LogP) is 4.19. The largest absolute Gasteiger partial charge is 0.497 e. The van der Waals surface area contributed by atoms with Gasteiger partial charge in [-0.2, -0.15) is 0 Å². The first-order chi connectivity index (χ1) is 25.0. The van der Waals surface area contributed by atoms with Crippen LogP contribution in [0, 0.1) is 29.6 Å². The number of imide groups is 1. The molecule has 2 aliphatic carbocycles. The first-order valence-corrected chi connectivity index (χ1v) is 19.9. The molecule has 0 radical (unpaired) electrons. The molecule has 3 aromatic carbocycles. The molecule has 0 spiro atoms. The Balaban J connectivity index is 1.06. The summed E-state index contributed by atoms with van der Waals surface area (Å²) in [4.78, 5) is 58.6. The molecule has 7 atom stereocenters. The van der Waals surface area contributed by atoms with Crippen LogP contribution in [0.25, 0.3) is 0 Å². The van der Waals surface area contributed by atoms with E-state index < -0.39 is 27.8 Å². The standard InChI is InChI=1S/C36H34N4O9S3/c1-3-48-25-14-17(4-13-24(25)49-16-26(41)38-18-5-11-21(12-6-18)52(37,45)46)27-28-22-15-23(31(28)50-33-32(27)51-36(44)39-33)30-29(22)34(42)40(35(30)43)19-7-9-20(47-2)10-8-19/h4-14,22-23,27-31H,3,15-16H2,1-2H3,(H,38,41)(H,39,44)(H2,37,45,46)/t22?,23?,27-,28?,29?,30?,31?/m1/s1. The Bertz CT molecular complexity index is 2250. The van der Waals surface area contributed by atoms with Gasteiger partial charge in [0.1, 0.15) is 5.75 Å². The number of fused-ring (bicyclic) bond motifs is 9. The summed E-state index contributed by atoms with van der Waals surface area (Å²) in [6.07, 6.45) is 0.751. The SMILES string of the molecule is CCOc1cc([C@H]2c3sc(=O)[nH]c3SC3C4CC(C5C(=O)N(c6ccc(OC)cc6)C(=O)C45)C32)ccc1OCC(=O)Nc1ccc(S(N)(=O)=O)cc1. The molecule has 3 amide bonds. The van der Waals surface area contributed by atoms with Gasteiger partial charge in [0.2, 0.25) is 21.8 Å². The number of primary sulfonamides is 1. The van der Waals surface area contributed by atoms with Gasteiger partial charge in [0.05, 0.1) is 41.2 Å². The van der Waals surface area contributed by atoms with Gasteiger partial charge in [-0.15, -0.1) is 11.8 Å². The lowest BCUT2D eigenvalue weighted by Crippen LogP contribution is -2.42. The number of carbonyl (C=O) groups excluding carboxylic acids is 3. The second-order valence-corrected chi connectivity index (χ2v) is 17.0. The van der Waals surface area contributed by atoms with Crippen molar-refractivity contribution in [3.05, 3.63) is 86.8 Å². The zero-order valence-electron chi connectivity index (χ0n) is 27.9. The molecule has 1 aromatic heterocycles. The smallest absolute Gasteiger partial charge is 0.305 e. The van der Waals surface area contributed by atoms with Crippen molar-refractivity contribution in [3.8, 4) is 17.2 Å². The molecular formula is C36H34N4O9S3. The van der Waals surface area contributed by atoms with E-state index in [1.54, 1.807) is 49.2 Å². The first-order valence-electron chi connectivity index (χ1n) is 16.7. The number of thiazole rings is 1. The van der Waals surface area contributed by atoms with Crippen molar-refractivity contribution in [2.24, 2.45) is 34.7 Å². The predicted molar refractivity (Wildman–Crippen MR) is 194 cm³/mol. The quantitative estimate of drug-likeness (QED) is 0.198. The summed E-state index contributed by atoms with van der Waals surface area (Å²) in [5, 5.41) is 8.62. The Morgan fingerprint density at radius 2 is 1.67 bits per heavy atom. The highest BCUT2D eigenvalue weighted by molar-refractivity contribution is 8.00. The molecule has 4 aliphatic rings. The summed E-state index contributed by atoms with van der Waals surface area (Å²) in [6, 6.07) is 17.9. The highest BCUT2D eigenvalue weighted by atomic mass is 32.2. The molecule has 1 saturated heterocycles. The normalized spacial score (nSPS) is 25.8. The zero-order valence-corrected chi connectivity index (χ0v) is 30.4. The maximum atomic E-state index is 14.1. The number of anilines is 2. The minimum absolute atomic E-state index is 0.00996. The summed E-state index contributed by atoms with van der Waals surface area (Å²) in [5.74, 6) is -0.668. The number of H-pyrrole nitrogens is 1. The van der Waals surface area contributed by atoms with Crippen LogP contribution in [0.2, 0.25) is 0 Å². The van der Waals surface area contributed by atoms with Crippen LogP contribution in [0.1, 0.15) is 29.7 Å². The molecule has 2 bridgehead atoms. The van der Waals surface area contributed by atoms with Gasteiger partial charge >= 0.3 is 4.87 Å². The average Bonchev–Trinajstić information content (AvgIpc) is 3.86. The van der Waals surface area contributed by atoms with Gasteiger partial charge < -0.3 is 24.5 Å². The topological polar surface area (TPSA) is 187 Å². The van der Waals surface area contributed by atoms with E-state index in [4.69, 9.17) is 19.3 Å². The number of hydrogen-bond acceptors (Lipinski definition) is 11. The third-order valence-electron chi connectivity index (χ3n) is 10.5. The molecule has 4 N–H and O–H groups in total. The van der Waals surface area contributed by atoms with Gasteiger partial charge in [-0.1, -0.05) is 17.4 Å².